The number of halogens is 1. The summed E-state index contributed by atoms with van der Waals surface area (Å²) in [6, 6.07) is 18.3. The van der Waals surface area contributed by atoms with Gasteiger partial charge in [0.2, 0.25) is 0 Å². The average Bonchev–Trinajstić information content (AvgIpc) is 3.31. The maximum absolute atomic E-state index is 5.36. The summed E-state index contributed by atoms with van der Waals surface area (Å²) < 4.78 is 5.36. The predicted octanol–water partition coefficient (Wildman–Crippen LogP) is 4.44. The molecule has 2 N–H and O–H groups in total. The van der Waals surface area contributed by atoms with Crippen LogP contribution in [0.25, 0.3) is 0 Å². The van der Waals surface area contributed by atoms with E-state index in [1.807, 2.05) is 30.3 Å². The van der Waals surface area contributed by atoms with E-state index >= 15 is 0 Å². The molecule has 4 nitrogen and oxygen atoms in total. The fraction of sp³-hybridized carbons (Fsp3) is 0.211. The van der Waals surface area contributed by atoms with Gasteiger partial charge in [0.15, 0.2) is 5.96 Å². The fourth-order valence-corrected chi connectivity index (χ4v) is 2.92. The predicted molar refractivity (Wildman–Crippen MR) is 115 cm³/mol. The third kappa shape index (κ3) is 6.91. The summed E-state index contributed by atoms with van der Waals surface area (Å²) >= 11 is 1.74. The van der Waals surface area contributed by atoms with Gasteiger partial charge in [-0.1, -0.05) is 36.4 Å². The molecule has 0 fully saturated rings. The molecule has 25 heavy (non-hydrogen) atoms. The largest absolute Gasteiger partial charge is 0.469 e. The highest BCUT2D eigenvalue weighted by Crippen LogP contribution is 2.07. The summed E-state index contributed by atoms with van der Waals surface area (Å²) in [5.74, 6) is 1.79. The van der Waals surface area contributed by atoms with E-state index in [-0.39, 0.29) is 24.0 Å². The molecule has 0 saturated heterocycles. The fourth-order valence-electron chi connectivity index (χ4n) is 2.27. The summed E-state index contributed by atoms with van der Waals surface area (Å²) in [5.41, 5.74) is 1.20. The quantitative estimate of drug-likeness (QED) is 0.307. The van der Waals surface area contributed by atoms with Gasteiger partial charge in [-0.3, -0.25) is 0 Å². The highest BCUT2D eigenvalue weighted by atomic mass is 127. The Morgan fingerprint density at radius 3 is 2.60 bits per heavy atom. The van der Waals surface area contributed by atoms with Crippen molar-refractivity contribution in [1.29, 1.82) is 0 Å². The van der Waals surface area contributed by atoms with Crippen LogP contribution in [0.5, 0.6) is 0 Å². The van der Waals surface area contributed by atoms with Crippen molar-refractivity contribution < 1.29 is 4.42 Å². The first-order chi connectivity index (χ1) is 11.9. The number of nitrogens with one attached hydrogen (secondary N) is 2. The molecule has 3 rings (SSSR count). The Kier molecular flexibility index (Phi) is 8.54. The van der Waals surface area contributed by atoms with E-state index in [0.717, 1.165) is 31.2 Å². The van der Waals surface area contributed by atoms with Crippen LogP contribution in [0.15, 0.2) is 75.7 Å². The second-order valence-corrected chi connectivity index (χ2v) is 6.37. The van der Waals surface area contributed by atoms with Crippen LogP contribution < -0.4 is 10.6 Å². The first kappa shape index (κ1) is 19.5. The van der Waals surface area contributed by atoms with Gasteiger partial charge < -0.3 is 15.1 Å². The van der Waals surface area contributed by atoms with Crippen LogP contribution in [0, 0.1) is 0 Å². The van der Waals surface area contributed by atoms with Crippen LogP contribution in [0.2, 0.25) is 0 Å². The minimum absolute atomic E-state index is 0. The zero-order valence-electron chi connectivity index (χ0n) is 13.9. The Labute approximate surface area is 169 Å². The molecule has 0 amide bonds. The van der Waals surface area contributed by atoms with Gasteiger partial charge in [-0.25, -0.2) is 4.99 Å². The minimum Gasteiger partial charge on any atom is -0.469 e. The third-order valence-corrected chi connectivity index (χ3v) is 4.39. The summed E-state index contributed by atoms with van der Waals surface area (Å²) in [5, 5.41) is 8.85. The molecular formula is C19H22IN3OS. The zero-order chi connectivity index (χ0) is 16.5. The van der Waals surface area contributed by atoms with Crippen LogP contribution >= 0.6 is 35.3 Å². The summed E-state index contributed by atoms with van der Waals surface area (Å²) in [7, 11) is 0. The summed E-state index contributed by atoms with van der Waals surface area (Å²) in [6.45, 7) is 2.21. The van der Waals surface area contributed by atoms with Crippen molar-refractivity contribution in [2.24, 2.45) is 4.99 Å². The highest BCUT2D eigenvalue weighted by Gasteiger charge is 2.02. The van der Waals surface area contributed by atoms with Crippen molar-refractivity contribution in [1.82, 2.24) is 10.6 Å². The number of hydrogen-bond donors (Lipinski definition) is 2. The van der Waals surface area contributed by atoms with E-state index < -0.39 is 0 Å². The van der Waals surface area contributed by atoms with Crippen LogP contribution in [-0.2, 0) is 19.5 Å². The van der Waals surface area contributed by atoms with E-state index in [1.54, 1.807) is 17.6 Å². The van der Waals surface area contributed by atoms with E-state index in [1.165, 1.54) is 10.4 Å². The molecule has 0 spiro atoms. The molecular weight excluding hydrogens is 445 g/mol. The van der Waals surface area contributed by atoms with Crippen LogP contribution in [0.4, 0.5) is 0 Å². The number of thiophene rings is 1. The van der Waals surface area contributed by atoms with Gasteiger partial charge in [-0.2, -0.15) is 0 Å². The molecule has 1 aromatic carbocycles. The Balaban J connectivity index is 0.00000225. The van der Waals surface area contributed by atoms with Crippen molar-refractivity contribution >= 4 is 41.3 Å². The van der Waals surface area contributed by atoms with Gasteiger partial charge in [-0.15, -0.1) is 35.3 Å². The lowest BCUT2D eigenvalue weighted by atomic mass is 10.2. The van der Waals surface area contributed by atoms with Gasteiger partial charge in [0.1, 0.15) is 5.76 Å². The van der Waals surface area contributed by atoms with Crippen molar-refractivity contribution in [2.75, 3.05) is 6.54 Å². The third-order valence-electron chi connectivity index (χ3n) is 3.52. The normalized spacial score (nSPS) is 11.0. The molecule has 0 aliphatic rings. The molecule has 0 aliphatic heterocycles. The lowest BCUT2D eigenvalue weighted by Crippen LogP contribution is -2.37. The Morgan fingerprint density at radius 1 is 1.00 bits per heavy atom. The Morgan fingerprint density at radius 2 is 1.88 bits per heavy atom. The number of hydrogen-bond acceptors (Lipinski definition) is 3. The van der Waals surface area contributed by atoms with Crippen LogP contribution in [0.1, 0.15) is 16.2 Å². The Hall–Kier alpha value is -1.80. The molecule has 3 aromatic rings. The molecule has 0 bridgehead atoms. The SMILES string of the molecule is I.c1ccc(CN=C(NCCc2ccco2)NCc2cccs2)cc1. The maximum atomic E-state index is 5.36. The van der Waals surface area contributed by atoms with Crippen molar-refractivity contribution in [3.05, 3.63) is 82.4 Å². The molecule has 0 saturated carbocycles. The standard InChI is InChI=1S/C19H21N3OS.HI/c1-2-6-16(7-3-1)14-21-19(22-15-18-9-5-13-24-18)20-11-10-17-8-4-12-23-17;/h1-9,12-13H,10-11,14-15H2,(H2,20,21,22);1H. The van der Waals surface area contributed by atoms with E-state index in [0.29, 0.717) is 6.54 Å². The molecule has 0 aliphatic carbocycles. The van der Waals surface area contributed by atoms with Gasteiger partial charge in [0.25, 0.3) is 0 Å². The van der Waals surface area contributed by atoms with Crippen molar-refractivity contribution in [3.63, 3.8) is 0 Å². The first-order valence-electron chi connectivity index (χ1n) is 8.01. The lowest BCUT2D eigenvalue weighted by Gasteiger charge is -2.11. The average molecular weight is 467 g/mol. The van der Waals surface area contributed by atoms with Crippen LogP contribution in [-0.4, -0.2) is 12.5 Å². The van der Waals surface area contributed by atoms with Gasteiger partial charge in [-0.05, 0) is 29.1 Å². The monoisotopic (exact) mass is 467 g/mol. The number of benzene rings is 1. The summed E-state index contributed by atoms with van der Waals surface area (Å²) in [6.07, 6.45) is 2.53. The number of aliphatic imine (C=N–C) groups is 1. The Bertz CT molecular complexity index is 727. The van der Waals surface area contributed by atoms with Gasteiger partial charge in [0, 0.05) is 17.8 Å². The molecule has 2 aromatic heterocycles. The molecule has 0 atom stereocenters. The highest BCUT2D eigenvalue weighted by molar-refractivity contribution is 14.0. The minimum atomic E-state index is 0. The first-order valence-corrected chi connectivity index (χ1v) is 8.89. The lowest BCUT2D eigenvalue weighted by molar-refractivity contribution is 0.506. The van der Waals surface area contributed by atoms with Gasteiger partial charge in [0.05, 0.1) is 19.4 Å². The number of furan rings is 1. The number of nitrogens with zero attached hydrogens (tertiary/aromatic N) is 1. The maximum Gasteiger partial charge on any atom is 0.191 e. The van der Waals surface area contributed by atoms with Crippen molar-refractivity contribution in [2.45, 2.75) is 19.5 Å². The van der Waals surface area contributed by atoms with Gasteiger partial charge >= 0.3 is 0 Å². The summed E-state index contributed by atoms with van der Waals surface area (Å²) in [4.78, 5) is 5.97. The van der Waals surface area contributed by atoms with Crippen molar-refractivity contribution in [3.8, 4) is 0 Å². The number of rotatable bonds is 7. The molecule has 2 heterocycles. The molecule has 0 radical (unpaired) electrons. The van der Waals surface area contributed by atoms with E-state index in [4.69, 9.17) is 4.42 Å². The second-order valence-electron chi connectivity index (χ2n) is 5.34. The molecule has 6 heteroatoms. The smallest absolute Gasteiger partial charge is 0.191 e. The second kappa shape index (κ2) is 10.9. The topological polar surface area (TPSA) is 49.6 Å². The van der Waals surface area contributed by atoms with E-state index in [2.05, 4.69) is 45.3 Å². The molecule has 132 valence electrons. The number of guanidine groups is 1. The molecule has 0 unspecified atom stereocenters. The van der Waals surface area contributed by atoms with E-state index in [9.17, 15) is 0 Å². The van der Waals surface area contributed by atoms with Crippen LogP contribution in [0.3, 0.4) is 0 Å². The zero-order valence-corrected chi connectivity index (χ0v) is 17.0.